The van der Waals surface area contributed by atoms with Crippen molar-refractivity contribution in [2.75, 3.05) is 13.1 Å². The highest BCUT2D eigenvalue weighted by Crippen LogP contribution is 2.37. The van der Waals surface area contributed by atoms with Crippen molar-refractivity contribution in [3.63, 3.8) is 0 Å². The van der Waals surface area contributed by atoms with Gasteiger partial charge in [0.25, 0.3) is 0 Å². The van der Waals surface area contributed by atoms with E-state index in [1.807, 2.05) is 6.08 Å². The van der Waals surface area contributed by atoms with Gasteiger partial charge >= 0.3 is 0 Å². The minimum atomic E-state index is 0.470. The van der Waals surface area contributed by atoms with Crippen molar-refractivity contribution in [1.82, 2.24) is 4.90 Å². The summed E-state index contributed by atoms with van der Waals surface area (Å²) in [6.45, 7) is 9.71. The van der Waals surface area contributed by atoms with Gasteiger partial charge in [0, 0.05) is 19.0 Å². The van der Waals surface area contributed by atoms with E-state index in [2.05, 4.69) is 23.1 Å². The van der Waals surface area contributed by atoms with E-state index >= 15 is 0 Å². The van der Waals surface area contributed by atoms with Gasteiger partial charge in [0.2, 0.25) is 0 Å². The molecule has 2 nitrogen and oxygen atoms in total. The maximum absolute atomic E-state index is 5.90. The van der Waals surface area contributed by atoms with Crippen molar-refractivity contribution >= 4 is 16.8 Å². The number of halogens is 1. The first-order chi connectivity index (χ1) is 7.26. The fourth-order valence-electron chi connectivity index (χ4n) is 2.31. The minimum absolute atomic E-state index is 0.470. The highest BCUT2D eigenvalue weighted by Gasteiger charge is 2.31. The average molecular weight is 223 g/mol. The zero-order valence-corrected chi connectivity index (χ0v) is 9.50. The number of piperidine rings is 1. The molecule has 0 unspecified atom stereocenters. The molecule has 15 heavy (non-hydrogen) atoms. The molecule has 0 spiro atoms. The normalized spacial score (nSPS) is 22.2. The first-order valence-electron chi connectivity index (χ1n) is 5.24. The molecule has 0 atom stereocenters. The summed E-state index contributed by atoms with van der Waals surface area (Å²) in [4.78, 5) is 6.75. The Morgan fingerprint density at radius 1 is 1.40 bits per heavy atom. The molecule has 3 heteroatoms. The van der Waals surface area contributed by atoms with Gasteiger partial charge in [-0.2, -0.15) is 0 Å². The summed E-state index contributed by atoms with van der Waals surface area (Å²) in [5, 5.41) is 0.470. The van der Waals surface area contributed by atoms with E-state index in [4.69, 9.17) is 11.6 Å². The van der Waals surface area contributed by atoms with Gasteiger partial charge in [-0.1, -0.05) is 24.8 Å². The standard InChI is InChI=1S/C12H15ClN2/c1-3-10-12(14-11(13)4-2)9-5-7-15(10)8-6-9/h3-4,9H,1-2,5-8H2. The maximum atomic E-state index is 5.90. The molecule has 80 valence electrons. The van der Waals surface area contributed by atoms with Gasteiger partial charge in [-0.25, -0.2) is 4.99 Å². The number of fused-ring (bicyclic) bond motifs is 2. The molecule has 3 aliphatic heterocycles. The van der Waals surface area contributed by atoms with E-state index in [1.165, 1.54) is 12.8 Å². The molecule has 0 N–H and O–H groups in total. The Bertz CT molecular complexity index is 347. The third kappa shape index (κ3) is 1.86. The zero-order valence-electron chi connectivity index (χ0n) is 8.75. The van der Waals surface area contributed by atoms with Crippen molar-refractivity contribution in [3.05, 3.63) is 36.7 Å². The molecule has 2 bridgehead atoms. The van der Waals surface area contributed by atoms with Crippen LogP contribution in [0.4, 0.5) is 0 Å². The van der Waals surface area contributed by atoms with Gasteiger partial charge in [0.1, 0.15) is 5.17 Å². The molecule has 0 aromatic carbocycles. The molecule has 0 radical (unpaired) electrons. The molecule has 0 saturated carbocycles. The monoisotopic (exact) mass is 222 g/mol. The lowest BCUT2D eigenvalue weighted by Gasteiger charge is -2.41. The molecule has 1 fully saturated rings. The molecule has 0 aromatic rings. The van der Waals surface area contributed by atoms with Crippen molar-refractivity contribution in [2.45, 2.75) is 12.8 Å². The highest BCUT2D eigenvalue weighted by atomic mass is 35.5. The summed E-state index contributed by atoms with van der Waals surface area (Å²) in [7, 11) is 0. The van der Waals surface area contributed by atoms with Crippen molar-refractivity contribution in [2.24, 2.45) is 10.9 Å². The van der Waals surface area contributed by atoms with Gasteiger partial charge in [-0.15, -0.1) is 0 Å². The van der Waals surface area contributed by atoms with Crippen LogP contribution >= 0.6 is 11.6 Å². The number of hydrogen-bond donors (Lipinski definition) is 0. The van der Waals surface area contributed by atoms with Gasteiger partial charge < -0.3 is 4.90 Å². The summed E-state index contributed by atoms with van der Waals surface area (Å²) in [5.74, 6) is 0.552. The molecular formula is C12H15ClN2. The summed E-state index contributed by atoms with van der Waals surface area (Å²) in [5.41, 5.74) is 2.24. The summed E-state index contributed by atoms with van der Waals surface area (Å²) in [6, 6.07) is 0. The Kier molecular flexibility index (Phi) is 2.96. The first-order valence-corrected chi connectivity index (χ1v) is 5.62. The molecular weight excluding hydrogens is 208 g/mol. The van der Waals surface area contributed by atoms with Crippen molar-refractivity contribution < 1.29 is 0 Å². The molecule has 1 saturated heterocycles. The molecule has 0 amide bonds. The molecule has 3 rings (SSSR count). The van der Waals surface area contributed by atoms with Crippen LogP contribution in [0.3, 0.4) is 0 Å². The van der Waals surface area contributed by atoms with Gasteiger partial charge in [0.05, 0.1) is 11.4 Å². The molecule has 3 aliphatic rings. The average Bonchev–Trinajstić information content (AvgIpc) is 2.30. The van der Waals surface area contributed by atoms with Gasteiger partial charge in [-0.05, 0) is 25.0 Å². The number of allylic oxidation sites excluding steroid dienone is 3. The van der Waals surface area contributed by atoms with E-state index in [0.29, 0.717) is 11.1 Å². The van der Waals surface area contributed by atoms with Crippen LogP contribution < -0.4 is 0 Å². The molecule has 3 heterocycles. The third-order valence-electron chi connectivity index (χ3n) is 3.07. The van der Waals surface area contributed by atoms with Gasteiger partial charge in [0.15, 0.2) is 0 Å². The summed E-state index contributed by atoms with van der Waals surface area (Å²) >= 11 is 5.90. The van der Waals surface area contributed by atoms with Crippen LogP contribution in [-0.2, 0) is 0 Å². The van der Waals surface area contributed by atoms with Crippen LogP contribution in [-0.4, -0.2) is 23.2 Å². The second kappa shape index (κ2) is 4.23. The Morgan fingerprint density at radius 3 is 2.60 bits per heavy atom. The predicted molar refractivity (Wildman–Crippen MR) is 65.0 cm³/mol. The van der Waals surface area contributed by atoms with Crippen LogP contribution in [0.25, 0.3) is 0 Å². The van der Waals surface area contributed by atoms with E-state index in [1.54, 1.807) is 6.08 Å². The Labute approximate surface area is 95.6 Å². The Morgan fingerprint density at radius 2 is 2.07 bits per heavy atom. The summed E-state index contributed by atoms with van der Waals surface area (Å²) < 4.78 is 0. The number of nitrogens with zero attached hydrogens (tertiary/aromatic N) is 2. The third-order valence-corrected chi connectivity index (χ3v) is 3.31. The predicted octanol–water partition coefficient (Wildman–Crippen LogP) is 2.93. The highest BCUT2D eigenvalue weighted by molar-refractivity contribution is 6.68. The van der Waals surface area contributed by atoms with Crippen LogP contribution in [0.5, 0.6) is 0 Å². The number of rotatable bonds is 3. The first kappa shape index (κ1) is 10.5. The topological polar surface area (TPSA) is 15.6 Å². The Hall–Kier alpha value is -1.02. The fraction of sp³-hybridized carbons (Fsp3) is 0.417. The second-order valence-corrected chi connectivity index (χ2v) is 4.26. The van der Waals surface area contributed by atoms with Gasteiger partial charge in [-0.3, -0.25) is 0 Å². The van der Waals surface area contributed by atoms with E-state index in [9.17, 15) is 0 Å². The van der Waals surface area contributed by atoms with Crippen LogP contribution in [0.15, 0.2) is 41.7 Å². The van der Waals surface area contributed by atoms with Crippen LogP contribution in [0, 0.1) is 5.92 Å². The van der Waals surface area contributed by atoms with Crippen molar-refractivity contribution in [3.8, 4) is 0 Å². The lowest BCUT2D eigenvalue weighted by atomic mass is 9.87. The quantitative estimate of drug-likeness (QED) is 0.671. The van der Waals surface area contributed by atoms with E-state index in [-0.39, 0.29) is 0 Å². The second-order valence-electron chi connectivity index (χ2n) is 3.87. The van der Waals surface area contributed by atoms with Crippen molar-refractivity contribution in [1.29, 1.82) is 0 Å². The summed E-state index contributed by atoms with van der Waals surface area (Å²) in [6.07, 6.45) is 5.82. The zero-order chi connectivity index (χ0) is 10.8. The lowest BCUT2D eigenvalue weighted by Crippen LogP contribution is -2.39. The lowest BCUT2D eigenvalue weighted by molar-refractivity contribution is 0.213. The number of hydrogen-bond acceptors (Lipinski definition) is 2. The fourth-order valence-corrected chi connectivity index (χ4v) is 2.40. The maximum Gasteiger partial charge on any atom is 0.128 e. The molecule has 0 aromatic heterocycles. The van der Waals surface area contributed by atoms with E-state index < -0.39 is 0 Å². The van der Waals surface area contributed by atoms with Crippen LogP contribution in [0.1, 0.15) is 12.8 Å². The SMILES string of the molecule is C=CC(Cl)=NC1=C(C=C)N2CCC1CC2. The van der Waals surface area contributed by atoms with Crippen LogP contribution in [0.2, 0.25) is 0 Å². The smallest absolute Gasteiger partial charge is 0.128 e. The largest absolute Gasteiger partial charge is 0.370 e. The number of aliphatic imine (C=N–C) groups is 1. The molecule has 0 aliphatic carbocycles. The minimum Gasteiger partial charge on any atom is -0.370 e. The van der Waals surface area contributed by atoms with E-state index in [0.717, 1.165) is 24.5 Å². The Balaban J connectivity index is 2.41.